The molecule has 4 heteroatoms. The summed E-state index contributed by atoms with van der Waals surface area (Å²) >= 11 is 0. The Morgan fingerprint density at radius 1 is 1.32 bits per heavy atom. The largest absolute Gasteiger partial charge is 0.372 e. The van der Waals surface area contributed by atoms with Crippen molar-refractivity contribution >= 4 is 17.3 Å². The number of nitrogens with one attached hydrogen (secondary N) is 1. The summed E-state index contributed by atoms with van der Waals surface area (Å²) in [7, 11) is 0. The highest BCUT2D eigenvalue weighted by atomic mass is 16.2. The van der Waals surface area contributed by atoms with Crippen molar-refractivity contribution in [1.29, 1.82) is 0 Å². The fourth-order valence-electron chi connectivity index (χ4n) is 1.98. The molecule has 3 N–H and O–H groups in total. The zero-order chi connectivity index (χ0) is 14.4. The molecule has 1 amide bonds. The van der Waals surface area contributed by atoms with E-state index in [-0.39, 0.29) is 5.91 Å². The molecule has 0 spiro atoms. The Morgan fingerprint density at radius 3 is 2.42 bits per heavy atom. The van der Waals surface area contributed by atoms with Crippen LogP contribution in [0.25, 0.3) is 0 Å². The molecule has 0 aliphatic carbocycles. The van der Waals surface area contributed by atoms with Crippen molar-refractivity contribution in [3.63, 3.8) is 0 Å². The van der Waals surface area contributed by atoms with Gasteiger partial charge in [-0.15, -0.1) is 0 Å². The molecule has 4 nitrogen and oxygen atoms in total. The van der Waals surface area contributed by atoms with E-state index in [9.17, 15) is 4.79 Å². The number of anilines is 2. The van der Waals surface area contributed by atoms with Crippen molar-refractivity contribution in [2.75, 3.05) is 23.3 Å². The van der Waals surface area contributed by atoms with Crippen LogP contribution in [0.4, 0.5) is 11.4 Å². The second-order valence-corrected chi connectivity index (χ2v) is 4.68. The van der Waals surface area contributed by atoms with Crippen molar-refractivity contribution in [3.05, 3.63) is 23.8 Å². The lowest BCUT2D eigenvalue weighted by Gasteiger charge is -2.22. The highest BCUT2D eigenvalue weighted by molar-refractivity contribution is 5.95. The average molecular weight is 263 g/mol. The number of amides is 1. The second-order valence-electron chi connectivity index (χ2n) is 4.68. The Labute approximate surface area is 116 Å². The molecule has 0 saturated heterocycles. The van der Waals surface area contributed by atoms with Crippen LogP contribution in [0.5, 0.6) is 0 Å². The van der Waals surface area contributed by atoms with Gasteiger partial charge < -0.3 is 16.0 Å². The first-order chi connectivity index (χ1) is 9.03. The van der Waals surface area contributed by atoms with Crippen LogP contribution in [0.2, 0.25) is 0 Å². The molecule has 0 saturated carbocycles. The lowest BCUT2D eigenvalue weighted by molar-refractivity contribution is -0.117. The standard InChI is InChI=1S/C15H25N3O/c1-5-13(16)15(19)17-14-9-8-12(10-11(14)4)18(6-2)7-3/h8-10,13H,5-7,16H2,1-4H3,(H,17,19). The zero-order valence-corrected chi connectivity index (χ0v) is 12.4. The van der Waals surface area contributed by atoms with E-state index in [1.165, 1.54) is 5.69 Å². The van der Waals surface area contributed by atoms with E-state index in [1.807, 2.05) is 26.0 Å². The Balaban J connectivity index is 2.86. The van der Waals surface area contributed by atoms with Gasteiger partial charge in [-0.2, -0.15) is 0 Å². The summed E-state index contributed by atoms with van der Waals surface area (Å²) in [6.45, 7) is 10.1. The van der Waals surface area contributed by atoms with Crippen LogP contribution in [-0.4, -0.2) is 25.0 Å². The summed E-state index contributed by atoms with van der Waals surface area (Å²) in [6.07, 6.45) is 0.641. The third-order valence-corrected chi connectivity index (χ3v) is 3.37. The third-order valence-electron chi connectivity index (χ3n) is 3.37. The smallest absolute Gasteiger partial charge is 0.241 e. The normalized spacial score (nSPS) is 12.1. The Kier molecular flexibility index (Phi) is 5.83. The summed E-state index contributed by atoms with van der Waals surface area (Å²) in [5.74, 6) is -0.124. The van der Waals surface area contributed by atoms with Crippen LogP contribution in [0, 0.1) is 6.92 Å². The average Bonchev–Trinajstić information content (AvgIpc) is 2.42. The molecule has 0 aromatic heterocycles. The van der Waals surface area contributed by atoms with Crippen LogP contribution < -0.4 is 16.0 Å². The van der Waals surface area contributed by atoms with E-state index in [4.69, 9.17) is 5.73 Å². The summed E-state index contributed by atoms with van der Waals surface area (Å²) in [5, 5.41) is 2.88. The number of rotatable bonds is 6. The fraction of sp³-hybridized carbons (Fsp3) is 0.533. The molecular formula is C15H25N3O. The molecule has 1 rings (SSSR count). The molecule has 0 bridgehead atoms. The molecule has 0 aliphatic heterocycles. The summed E-state index contributed by atoms with van der Waals surface area (Å²) in [6, 6.07) is 5.64. The van der Waals surface area contributed by atoms with Gasteiger partial charge in [0.25, 0.3) is 0 Å². The minimum atomic E-state index is -0.443. The number of hydrogen-bond donors (Lipinski definition) is 2. The van der Waals surface area contributed by atoms with Gasteiger partial charge in [-0.3, -0.25) is 4.79 Å². The molecule has 19 heavy (non-hydrogen) atoms. The Bertz CT molecular complexity index is 427. The Morgan fingerprint density at radius 2 is 1.95 bits per heavy atom. The highest BCUT2D eigenvalue weighted by Crippen LogP contribution is 2.22. The maximum absolute atomic E-state index is 11.8. The van der Waals surface area contributed by atoms with Gasteiger partial charge in [0.05, 0.1) is 6.04 Å². The van der Waals surface area contributed by atoms with Crippen molar-refractivity contribution in [3.8, 4) is 0 Å². The minimum absolute atomic E-state index is 0.124. The molecule has 1 aromatic rings. The molecule has 106 valence electrons. The van der Waals surface area contributed by atoms with Gasteiger partial charge in [0.1, 0.15) is 0 Å². The molecule has 1 unspecified atom stereocenters. The summed E-state index contributed by atoms with van der Waals surface area (Å²) in [4.78, 5) is 14.1. The number of nitrogens with zero attached hydrogens (tertiary/aromatic N) is 1. The van der Waals surface area contributed by atoms with Gasteiger partial charge in [0.2, 0.25) is 5.91 Å². The minimum Gasteiger partial charge on any atom is -0.372 e. The number of benzene rings is 1. The predicted octanol–water partition coefficient (Wildman–Crippen LogP) is 2.52. The molecule has 1 atom stereocenters. The van der Waals surface area contributed by atoms with Crippen LogP contribution in [-0.2, 0) is 4.79 Å². The molecule has 1 aromatic carbocycles. The number of hydrogen-bond acceptors (Lipinski definition) is 3. The first kappa shape index (κ1) is 15.5. The number of carbonyl (C=O) groups is 1. The predicted molar refractivity (Wildman–Crippen MR) is 81.6 cm³/mol. The van der Waals surface area contributed by atoms with E-state index in [1.54, 1.807) is 0 Å². The highest BCUT2D eigenvalue weighted by Gasteiger charge is 2.12. The van der Waals surface area contributed by atoms with Crippen molar-refractivity contribution < 1.29 is 4.79 Å². The van der Waals surface area contributed by atoms with Gasteiger partial charge >= 0.3 is 0 Å². The van der Waals surface area contributed by atoms with Crippen molar-refractivity contribution in [2.45, 2.75) is 40.2 Å². The lowest BCUT2D eigenvalue weighted by Crippen LogP contribution is -2.35. The van der Waals surface area contributed by atoms with E-state index in [2.05, 4.69) is 30.1 Å². The molecule has 0 fully saturated rings. The van der Waals surface area contributed by atoms with E-state index in [0.29, 0.717) is 6.42 Å². The van der Waals surface area contributed by atoms with Crippen LogP contribution in [0.1, 0.15) is 32.8 Å². The SMILES string of the molecule is CCC(N)C(=O)Nc1ccc(N(CC)CC)cc1C. The monoisotopic (exact) mass is 263 g/mol. The maximum Gasteiger partial charge on any atom is 0.241 e. The first-order valence-electron chi connectivity index (χ1n) is 6.95. The number of carbonyl (C=O) groups excluding carboxylic acids is 1. The van der Waals surface area contributed by atoms with Crippen molar-refractivity contribution in [2.24, 2.45) is 5.73 Å². The molecule has 0 radical (unpaired) electrons. The van der Waals surface area contributed by atoms with Crippen LogP contribution >= 0.6 is 0 Å². The molecule has 0 heterocycles. The molecular weight excluding hydrogens is 238 g/mol. The van der Waals surface area contributed by atoms with Crippen LogP contribution in [0.15, 0.2) is 18.2 Å². The van der Waals surface area contributed by atoms with Gasteiger partial charge in [-0.25, -0.2) is 0 Å². The van der Waals surface area contributed by atoms with E-state index in [0.717, 1.165) is 24.3 Å². The van der Waals surface area contributed by atoms with Gasteiger partial charge in [-0.05, 0) is 51.0 Å². The number of aryl methyl sites for hydroxylation is 1. The van der Waals surface area contributed by atoms with E-state index < -0.39 is 6.04 Å². The molecule has 0 aliphatic rings. The van der Waals surface area contributed by atoms with Gasteiger partial charge in [0, 0.05) is 24.5 Å². The number of nitrogens with two attached hydrogens (primary N) is 1. The van der Waals surface area contributed by atoms with Crippen LogP contribution in [0.3, 0.4) is 0 Å². The van der Waals surface area contributed by atoms with E-state index >= 15 is 0 Å². The summed E-state index contributed by atoms with van der Waals surface area (Å²) < 4.78 is 0. The quantitative estimate of drug-likeness (QED) is 0.829. The Hall–Kier alpha value is -1.55. The zero-order valence-electron chi connectivity index (χ0n) is 12.4. The van der Waals surface area contributed by atoms with Gasteiger partial charge in [-0.1, -0.05) is 6.92 Å². The van der Waals surface area contributed by atoms with Gasteiger partial charge in [0.15, 0.2) is 0 Å². The maximum atomic E-state index is 11.8. The first-order valence-corrected chi connectivity index (χ1v) is 6.95. The third kappa shape index (κ3) is 3.96. The lowest BCUT2D eigenvalue weighted by atomic mass is 10.1. The topological polar surface area (TPSA) is 58.4 Å². The fourth-order valence-corrected chi connectivity index (χ4v) is 1.98. The second kappa shape index (κ2) is 7.14. The van der Waals surface area contributed by atoms with Crippen molar-refractivity contribution in [1.82, 2.24) is 0 Å². The summed E-state index contributed by atoms with van der Waals surface area (Å²) in [5.41, 5.74) is 8.79.